The Morgan fingerprint density at radius 3 is 2.35 bits per heavy atom. The maximum atomic E-state index is 6.00. The lowest BCUT2D eigenvalue weighted by molar-refractivity contribution is 0.292. The summed E-state index contributed by atoms with van der Waals surface area (Å²) in [6.45, 7) is 15.5. The van der Waals surface area contributed by atoms with Gasteiger partial charge in [0.1, 0.15) is 6.61 Å². The molecule has 3 heteroatoms. The van der Waals surface area contributed by atoms with Crippen LogP contribution in [0.25, 0.3) is 5.57 Å². The fourth-order valence-corrected chi connectivity index (χ4v) is 3.14. The molecule has 0 aliphatic heterocycles. The maximum absolute atomic E-state index is 6.00. The Morgan fingerprint density at radius 2 is 1.77 bits per heavy atom. The molecule has 1 heterocycles. The van der Waals surface area contributed by atoms with Gasteiger partial charge in [0, 0.05) is 23.4 Å². The fourth-order valence-electron chi connectivity index (χ4n) is 3.14. The van der Waals surface area contributed by atoms with Crippen LogP contribution < -0.4 is 4.74 Å². The molecule has 0 saturated heterocycles. The Labute approximate surface area is 157 Å². The topological polar surface area (TPSA) is 31.4 Å². The van der Waals surface area contributed by atoms with Crippen LogP contribution in [-0.4, -0.2) is 12.1 Å². The third-order valence-electron chi connectivity index (χ3n) is 5.13. The van der Waals surface area contributed by atoms with Gasteiger partial charge in [0.05, 0.1) is 13.4 Å². The van der Waals surface area contributed by atoms with E-state index in [9.17, 15) is 0 Å². The largest absolute Gasteiger partial charge is 0.504 e. The first kappa shape index (κ1) is 19.8. The highest BCUT2D eigenvalue weighted by atomic mass is 16.5. The van der Waals surface area contributed by atoms with Crippen molar-refractivity contribution in [2.24, 2.45) is 0 Å². The van der Waals surface area contributed by atoms with Gasteiger partial charge in [0.2, 0.25) is 5.88 Å². The summed E-state index contributed by atoms with van der Waals surface area (Å²) in [4.78, 5) is 4.27. The number of ether oxygens (including phenoxy) is 2. The molecule has 0 radical (unpaired) electrons. The molecule has 0 aliphatic carbocycles. The molecule has 0 atom stereocenters. The van der Waals surface area contributed by atoms with Crippen molar-refractivity contribution in [3.05, 3.63) is 76.2 Å². The van der Waals surface area contributed by atoms with Crippen LogP contribution in [-0.2, 0) is 11.3 Å². The van der Waals surface area contributed by atoms with Gasteiger partial charge in [-0.15, -0.1) is 0 Å². The summed E-state index contributed by atoms with van der Waals surface area (Å²) < 4.78 is 11.4. The van der Waals surface area contributed by atoms with Gasteiger partial charge in [-0.05, 0) is 73.6 Å². The van der Waals surface area contributed by atoms with Gasteiger partial charge in [-0.3, -0.25) is 0 Å². The van der Waals surface area contributed by atoms with Crippen LogP contribution >= 0.6 is 0 Å². The van der Waals surface area contributed by atoms with Crippen molar-refractivity contribution in [3.63, 3.8) is 0 Å². The van der Waals surface area contributed by atoms with Crippen molar-refractivity contribution in [3.8, 4) is 5.88 Å². The highest BCUT2D eigenvalue weighted by molar-refractivity contribution is 5.83. The number of pyridine rings is 1. The van der Waals surface area contributed by atoms with Gasteiger partial charge in [-0.2, -0.15) is 0 Å². The van der Waals surface area contributed by atoms with Gasteiger partial charge < -0.3 is 9.47 Å². The summed E-state index contributed by atoms with van der Waals surface area (Å²) in [6.07, 6.45) is 4.40. The predicted octanol–water partition coefficient (Wildman–Crippen LogP) is 5.85. The van der Waals surface area contributed by atoms with Crippen LogP contribution in [0.3, 0.4) is 0 Å². The van der Waals surface area contributed by atoms with E-state index in [1.807, 2.05) is 18.2 Å². The minimum absolute atomic E-state index is 0.457. The third kappa shape index (κ3) is 3.98. The molecular weight excluding hydrogens is 322 g/mol. The molecule has 0 amide bonds. The second-order valence-corrected chi connectivity index (χ2v) is 6.53. The molecule has 0 saturated carbocycles. The van der Waals surface area contributed by atoms with E-state index < -0.39 is 0 Å². The van der Waals surface area contributed by atoms with E-state index in [1.54, 1.807) is 19.6 Å². The van der Waals surface area contributed by atoms with Crippen LogP contribution in [0.5, 0.6) is 5.88 Å². The monoisotopic (exact) mass is 351 g/mol. The molecular formula is C23H29NO2. The SMILES string of the molecule is C=C(CC)/C(=C/OC)c1c(C)c(C)c(C)c(C)c1COc1ccccn1. The normalized spacial score (nSPS) is 11.4. The van der Waals surface area contributed by atoms with Crippen molar-refractivity contribution >= 4 is 5.57 Å². The van der Waals surface area contributed by atoms with Crippen molar-refractivity contribution in [1.82, 2.24) is 4.98 Å². The Kier molecular flexibility index (Phi) is 6.62. The van der Waals surface area contributed by atoms with Crippen LogP contribution in [0.1, 0.15) is 46.7 Å². The fraction of sp³-hybridized carbons (Fsp3) is 0.348. The molecule has 3 nitrogen and oxygen atoms in total. The van der Waals surface area contributed by atoms with Crippen molar-refractivity contribution in [2.45, 2.75) is 47.6 Å². The number of benzene rings is 1. The maximum Gasteiger partial charge on any atom is 0.213 e. The summed E-state index contributed by atoms with van der Waals surface area (Å²) in [5, 5.41) is 0. The van der Waals surface area contributed by atoms with Crippen LogP contribution in [0.2, 0.25) is 0 Å². The highest BCUT2D eigenvalue weighted by Gasteiger charge is 2.20. The summed E-state index contributed by atoms with van der Waals surface area (Å²) in [5.74, 6) is 0.625. The van der Waals surface area contributed by atoms with Crippen molar-refractivity contribution < 1.29 is 9.47 Å². The summed E-state index contributed by atoms with van der Waals surface area (Å²) in [5.41, 5.74) is 9.49. The Balaban J connectivity index is 2.61. The lowest BCUT2D eigenvalue weighted by Gasteiger charge is -2.23. The first-order chi connectivity index (χ1) is 12.4. The third-order valence-corrected chi connectivity index (χ3v) is 5.13. The predicted molar refractivity (Wildman–Crippen MR) is 108 cm³/mol. The summed E-state index contributed by atoms with van der Waals surface area (Å²) in [6, 6.07) is 5.69. The molecule has 1 aromatic heterocycles. The number of allylic oxidation sites excluding steroid dienone is 2. The Hall–Kier alpha value is -2.55. The molecule has 2 aromatic rings. The van der Waals surface area contributed by atoms with Crippen LogP contribution in [0.15, 0.2) is 42.8 Å². The summed E-state index contributed by atoms with van der Waals surface area (Å²) in [7, 11) is 1.68. The van der Waals surface area contributed by atoms with Crippen molar-refractivity contribution in [1.29, 1.82) is 0 Å². The lowest BCUT2D eigenvalue weighted by atomic mass is 9.83. The molecule has 26 heavy (non-hydrogen) atoms. The molecule has 0 N–H and O–H groups in total. The second kappa shape index (κ2) is 8.70. The smallest absolute Gasteiger partial charge is 0.213 e. The van der Waals surface area contributed by atoms with Gasteiger partial charge in [0.25, 0.3) is 0 Å². The molecule has 0 bridgehead atoms. The highest BCUT2D eigenvalue weighted by Crippen LogP contribution is 2.36. The lowest BCUT2D eigenvalue weighted by Crippen LogP contribution is -2.10. The minimum atomic E-state index is 0.457. The molecule has 1 aromatic carbocycles. The Bertz CT molecular complexity index is 820. The van der Waals surface area contributed by atoms with Crippen molar-refractivity contribution in [2.75, 3.05) is 7.11 Å². The van der Waals surface area contributed by atoms with E-state index in [-0.39, 0.29) is 0 Å². The zero-order chi connectivity index (χ0) is 19.3. The van der Waals surface area contributed by atoms with Gasteiger partial charge in [0.15, 0.2) is 0 Å². The number of methoxy groups -OCH3 is 1. The molecule has 0 fully saturated rings. The molecule has 0 spiro atoms. The van der Waals surface area contributed by atoms with E-state index in [1.165, 1.54) is 22.3 Å². The van der Waals surface area contributed by atoms with Gasteiger partial charge in [-0.1, -0.05) is 19.6 Å². The second-order valence-electron chi connectivity index (χ2n) is 6.53. The molecule has 138 valence electrons. The minimum Gasteiger partial charge on any atom is -0.504 e. The van der Waals surface area contributed by atoms with E-state index in [4.69, 9.17) is 9.47 Å². The van der Waals surface area contributed by atoms with E-state index in [2.05, 4.69) is 46.2 Å². The zero-order valence-electron chi connectivity index (χ0n) is 16.8. The number of hydrogen-bond donors (Lipinski definition) is 0. The number of aromatic nitrogens is 1. The van der Waals surface area contributed by atoms with Crippen LogP contribution in [0.4, 0.5) is 0 Å². The number of nitrogens with zero attached hydrogens (tertiary/aromatic N) is 1. The van der Waals surface area contributed by atoms with E-state index in [0.717, 1.165) is 28.7 Å². The standard InChI is InChI=1S/C23H29NO2/c1-8-15(2)20(13-25-7)23-19(6)17(4)16(3)18(5)21(23)14-26-22-11-9-10-12-24-22/h9-13H,2,8,14H2,1,3-7H3/b20-13-. The Morgan fingerprint density at radius 1 is 1.08 bits per heavy atom. The average Bonchev–Trinajstić information content (AvgIpc) is 2.67. The van der Waals surface area contributed by atoms with Gasteiger partial charge >= 0.3 is 0 Å². The number of rotatable bonds is 7. The average molecular weight is 351 g/mol. The zero-order valence-corrected chi connectivity index (χ0v) is 16.8. The molecule has 0 aliphatic rings. The van der Waals surface area contributed by atoms with Crippen LogP contribution in [0, 0.1) is 27.7 Å². The quantitative estimate of drug-likeness (QED) is 0.463. The number of hydrogen-bond acceptors (Lipinski definition) is 3. The van der Waals surface area contributed by atoms with E-state index in [0.29, 0.717) is 12.5 Å². The van der Waals surface area contributed by atoms with Gasteiger partial charge in [-0.25, -0.2) is 4.98 Å². The molecule has 0 unspecified atom stereocenters. The summed E-state index contributed by atoms with van der Waals surface area (Å²) >= 11 is 0. The molecule has 2 rings (SSSR count). The first-order valence-electron chi connectivity index (χ1n) is 8.96. The first-order valence-corrected chi connectivity index (χ1v) is 8.96. The van der Waals surface area contributed by atoms with E-state index >= 15 is 0 Å².